The molecule has 0 radical (unpaired) electrons. The lowest BCUT2D eigenvalue weighted by Gasteiger charge is -2.08. The number of nitrogens with one attached hydrogen (secondary N) is 1. The Morgan fingerprint density at radius 1 is 1.76 bits per heavy atom. The Kier molecular flexibility index (Phi) is 3.39. The van der Waals surface area contributed by atoms with Crippen molar-refractivity contribution < 1.29 is 0 Å². The predicted octanol–water partition coefficient (Wildman–Crippen LogP) is 1.74. The van der Waals surface area contributed by atoms with E-state index in [0.717, 1.165) is 12.8 Å². The SMILES string of the molecule is C#CCn1ncc(Cl)c(NC2CC2CC)c1=O. The highest BCUT2D eigenvalue weighted by molar-refractivity contribution is 6.33. The van der Waals surface area contributed by atoms with Crippen molar-refractivity contribution in [3.8, 4) is 12.3 Å². The van der Waals surface area contributed by atoms with Crippen LogP contribution in [0, 0.1) is 18.3 Å². The molecule has 1 aliphatic rings. The first-order valence-corrected chi connectivity index (χ1v) is 6.00. The van der Waals surface area contributed by atoms with Crippen LogP contribution in [0.2, 0.25) is 5.02 Å². The molecule has 1 saturated carbocycles. The van der Waals surface area contributed by atoms with Crippen LogP contribution in [0.15, 0.2) is 11.0 Å². The lowest BCUT2D eigenvalue weighted by molar-refractivity contribution is 0.663. The topological polar surface area (TPSA) is 46.9 Å². The number of aromatic nitrogens is 2. The molecule has 1 aliphatic carbocycles. The van der Waals surface area contributed by atoms with Gasteiger partial charge in [-0.25, -0.2) is 4.68 Å². The quantitative estimate of drug-likeness (QED) is 0.830. The lowest BCUT2D eigenvalue weighted by Crippen LogP contribution is -2.26. The van der Waals surface area contributed by atoms with Gasteiger partial charge in [0.05, 0.1) is 11.2 Å². The van der Waals surface area contributed by atoms with Crippen LogP contribution >= 0.6 is 11.6 Å². The summed E-state index contributed by atoms with van der Waals surface area (Å²) in [7, 11) is 0. The van der Waals surface area contributed by atoms with Crippen molar-refractivity contribution in [2.75, 3.05) is 5.32 Å². The smallest absolute Gasteiger partial charge is 0.292 e. The number of terminal acetylenes is 1. The average Bonchev–Trinajstić information content (AvgIpc) is 3.07. The standard InChI is InChI=1S/C12H14ClN3O/c1-3-5-16-12(17)11(9(13)7-14-16)15-10-6-8(10)4-2/h1,7-8,10,15H,4-6H2,2H3. The molecule has 5 heteroatoms. The van der Waals surface area contributed by atoms with Crippen molar-refractivity contribution in [1.82, 2.24) is 9.78 Å². The van der Waals surface area contributed by atoms with Crippen LogP contribution in [0.5, 0.6) is 0 Å². The van der Waals surface area contributed by atoms with Gasteiger partial charge < -0.3 is 5.32 Å². The first-order valence-electron chi connectivity index (χ1n) is 5.63. The van der Waals surface area contributed by atoms with Crippen LogP contribution in [-0.2, 0) is 6.54 Å². The van der Waals surface area contributed by atoms with E-state index in [1.165, 1.54) is 10.9 Å². The van der Waals surface area contributed by atoms with Gasteiger partial charge in [-0.05, 0) is 12.3 Å². The largest absolute Gasteiger partial charge is 0.376 e. The van der Waals surface area contributed by atoms with Crippen molar-refractivity contribution in [1.29, 1.82) is 0 Å². The molecule has 0 aromatic carbocycles. The fraction of sp³-hybridized carbons (Fsp3) is 0.500. The van der Waals surface area contributed by atoms with Crippen LogP contribution in [0.3, 0.4) is 0 Å². The summed E-state index contributed by atoms with van der Waals surface area (Å²) in [5.41, 5.74) is 0.162. The molecule has 1 heterocycles. The van der Waals surface area contributed by atoms with Crippen LogP contribution in [0.4, 0.5) is 5.69 Å². The first-order chi connectivity index (χ1) is 8.17. The summed E-state index contributed by atoms with van der Waals surface area (Å²) in [5, 5.41) is 7.42. The molecule has 1 N–H and O–H groups in total. The monoisotopic (exact) mass is 251 g/mol. The van der Waals surface area contributed by atoms with Gasteiger partial charge in [-0.15, -0.1) is 6.42 Å². The summed E-state index contributed by atoms with van der Waals surface area (Å²) >= 11 is 5.97. The van der Waals surface area contributed by atoms with Gasteiger partial charge in [0.25, 0.3) is 5.56 Å². The zero-order valence-electron chi connectivity index (χ0n) is 9.61. The molecule has 0 amide bonds. The molecular formula is C12H14ClN3O. The van der Waals surface area contributed by atoms with Gasteiger partial charge in [0.1, 0.15) is 12.2 Å². The van der Waals surface area contributed by atoms with E-state index in [2.05, 4.69) is 23.3 Å². The molecule has 1 aromatic rings. The van der Waals surface area contributed by atoms with Crippen LogP contribution in [0.25, 0.3) is 0 Å². The van der Waals surface area contributed by atoms with Crippen LogP contribution < -0.4 is 10.9 Å². The molecule has 0 bridgehead atoms. The highest BCUT2D eigenvalue weighted by atomic mass is 35.5. The van der Waals surface area contributed by atoms with E-state index < -0.39 is 0 Å². The summed E-state index contributed by atoms with van der Waals surface area (Å²) in [6, 6.07) is 0.354. The summed E-state index contributed by atoms with van der Waals surface area (Å²) in [6.07, 6.45) is 8.82. The van der Waals surface area contributed by atoms with E-state index in [0.29, 0.717) is 22.7 Å². The fourth-order valence-electron chi connectivity index (χ4n) is 1.86. The Morgan fingerprint density at radius 3 is 3.12 bits per heavy atom. The summed E-state index contributed by atoms with van der Waals surface area (Å²) < 4.78 is 1.23. The maximum absolute atomic E-state index is 12.0. The van der Waals surface area contributed by atoms with Crippen LogP contribution in [-0.4, -0.2) is 15.8 Å². The number of halogens is 1. The van der Waals surface area contributed by atoms with Gasteiger partial charge >= 0.3 is 0 Å². The van der Waals surface area contributed by atoms with E-state index in [1.807, 2.05) is 0 Å². The minimum Gasteiger partial charge on any atom is -0.376 e. The molecule has 90 valence electrons. The second-order valence-corrected chi connectivity index (χ2v) is 4.60. The van der Waals surface area contributed by atoms with E-state index >= 15 is 0 Å². The zero-order chi connectivity index (χ0) is 12.4. The summed E-state index contributed by atoms with van der Waals surface area (Å²) in [6.45, 7) is 2.30. The van der Waals surface area contributed by atoms with E-state index in [9.17, 15) is 4.79 Å². The molecule has 1 aromatic heterocycles. The third-order valence-electron chi connectivity index (χ3n) is 3.02. The average molecular weight is 252 g/mol. The second kappa shape index (κ2) is 4.80. The Balaban J connectivity index is 2.24. The Bertz CT molecular complexity index is 517. The molecule has 0 saturated heterocycles. The van der Waals surface area contributed by atoms with Gasteiger partial charge in [0.2, 0.25) is 0 Å². The zero-order valence-corrected chi connectivity index (χ0v) is 10.4. The number of rotatable bonds is 4. The molecule has 2 atom stereocenters. The van der Waals surface area contributed by atoms with E-state index in [-0.39, 0.29) is 12.1 Å². The van der Waals surface area contributed by atoms with Crippen molar-refractivity contribution in [3.05, 3.63) is 21.6 Å². The normalized spacial score (nSPS) is 21.9. The molecular weight excluding hydrogens is 238 g/mol. The maximum atomic E-state index is 12.0. The first kappa shape index (κ1) is 12.0. The van der Waals surface area contributed by atoms with Gasteiger partial charge in [-0.2, -0.15) is 5.10 Å². The Hall–Kier alpha value is -1.47. The van der Waals surface area contributed by atoms with E-state index in [1.54, 1.807) is 0 Å². The predicted molar refractivity (Wildman–Crippen MR) is 68.1 cm³/mol. The van der Waals surface area contributed by atoms with Crippen LogP contribution in [0.1, 0.15) is 19.8 Å². The maximum Gasteiger partial charge on any atom is 0.292 e. The Morgan fingerprint density at radius 2 is 2.53 bits per heavy atom. The number of hydrogen-bond acceptors (Lipinski definition) is 3. The second-order valence-electron chi connectivity index (χ2n) is 4.19. The highest BCUT2D eigenvalue weighted by Gasteiger charge is 2.36. The third-order valence-corrected chi connectivity index (χ3v) is 3.30. The van der Waals surface area contributed by atoms with Crippen molar-refractivity contribution in [3.63, 3.8) is 0 Å². The van der Waals surface area contributed by atoms with Gasteiger partial charge in [-0.1, -0.05) is 30.9 Å². The molecule has 17 heavy (non-hydrogen) atoms. The van der Waals surface area contributed by atoms with Gasteiger partial charge in [0.15, 0.2) is 0 Å². The molecule has 0 aliphatic heterocycles. The number of nitrogens with zero attached hydrogens (tertiary/aromatic N) is 2. The third kappa shape index (κ3) is 2.45. The lowest BCUT2D eigenvalue weighted by atomic mass is 10.3. The minimum absolute atomic E-state index is 0.159. The van der Waals surface area contributed by atoms with Crippen molar-refractivity contribution >= 4 is 17.3 Å². The van der Waals surface area contributed by atoms with Crippen molar-refractivity contribution in [2.24, 2.45) is 5.92 Å². The summed E-state index contributed by atoms with van der Waals surface area (Å²) in [4.78, 5) is 12.0. The number of hydrogen-bond donors (Lipinski definition) is 1. The Labute approximate surface area is 105 Å². The molecule has 1 fully saturated rings. The molecule has 2 rings (SSSR count). The molecule has 0 spiro atoms. The number of anilines is 1. The molecule has 4 nitrogen and oxygen atoms in total. The highest BCUT2D eigenvalue weighted by Crippen LogP contribution is 2.36. The van der Waals surface area contributed by atoms with E-state index in [4.69, 9.17) is 18.0 Å². The van der Waals surface area contributed by atoms with Gasteiger partial charge in [0, 0.05) is 6.04 Å². The minimum atomic E-state index is -0.253. The van der Waals surface area contributed by atoms with Gasteiger partial charge in [-0.3, -0.25) is 4.79 Å². The fourth-order valence-corrected chi connectivity index (χ4v) is 2.04. The summed E-state index contributed by atoms with van der Waals surface area (Å²) in [5.74, 6) is 3.03. The van der Waals surface area contributed by atoms with Crippen molar-refractivity contribution in [2.45, 2.75) is 32.4 Å². The molecule has 2 unspecified atom stereocenters.